The van der Waals surface area contributed by atoms with Crippen molar-refractivity contribution >= 4 is 5.91 Å². The second kappa shape index (κ2) is 5.05. The van der Waals surface area contributed by atoms with Crippen molar-refractivity contribution in [3.63, 3.8) is 0 Å². The van der Waals surface area contributed by atoms with Crippen molar-refractivity contribution in [2.75, 3.05) is 0 Å². The van der Waals surface area contributed by atoms with Gasteiger partial charge in [-0.3, -0.25) is 4.79 Å². The van der Waals surface area contributed by atoms with Crippen LogP contribution in [0.4, 0.5) is 0 Å². The number of nitrogens with zero attached hydrogens (tertiary/aromatic N) is 1. The molecule has 0 aliphatic carbocycles. The van der Waals surface area contributed by atoms with Crippen molar-refractivity contribution in [1.82, 2.24) is 5.32 Å². The Balaban J connectivity index is 2.93. The minimum absolute atomic E-state index is 0.246. The van der Waals surface area contributed by atoms with Crippen LogP contribution in [0.25, 0.3) is 0 Å². The Kier molecular flexibility index (Phi) is 3.95. The summed E-state index contributed by atoms with van der Waals surface area (Å²) in [5.41, 5.74) is -0.279. The summed E-state index contributed by atoms with van der Waals surface area (Å²) in [5.74, 6) is 1.03. The molecule has 92 valence electrons. The molecule has 0 aliphatic heterocycles. The maximum atomic E-state index is 12.0. The lowest BCUT2D eigenvalue weighted by atomic mass is 9.94. The highest BCUT2D eigenvalue weighted by molar-refractivity contribution is 5.96. The van der Waals surface area contributed by atoms with E-state index in [4.69, 9.17) is 9.68 Å². The number of rotatable bonds is 4. The van der Waals surface area contributed by atoms with Gasteiger partial charge in [0.25, 0.3) is 5.91 Å². The van der Waals surface area contributed by atoms with E-state index >= 15 is 0 Å². The molecule has 17 heavy (non-hydrogen) atoms. The standard InChI is InChI=1S/C13H18N2O2/c1-5-13(6-2,8-14)15-12(16)11-7-9(3)17-10(11)4/h7H,5-6H2,1-4H3,(H,15,16). The molecular formula is C13H18N2O2. The number of hydrogen-bond donors (Lipinski definition) is 1. The largest absolute Gasteiger partial charge is 0.466 e. The van der Waals surface area contributed by atoms with Gasteiger partial charge in [-0.25, -0.2) is 0 Å². The van der Waals surface area contributed by atoms with E-state index in [1.807, 2.05) is 13.8 Å². The molecule has 4 nitrogen and oxygen atoms in total. The molecule has 0 aliphatic rings. The van der Waals surface area contributed by atoms with E-state index in [-0.39, 0.29) is 5.91 Å². The Bertz CT molecular complexity index is 450. The van der Waals surface area contributed by atoms with Gasteiger partial charge in [0.2, 0.25) is 0 Å². The third kappa shape index (κ3) is 2.68. The van der Waals surface area contributed by atoms with Crippen LogP contribution < -0.4 is 5.32 Å². The molecule has 0 saturated carbocycles. The first kappa shape index (κ1) is 13.3. The van der Waals surface area contributed by atoms with Crippen LogP contribution in [-0.2, 0) is 0 Å². The summed E-state index contributed by atoms with van der Waals surface area (Å²) < 4.78 is 5.31. The fourth-order valence-electron chi connectivity index (χ4n) is 1.75. The Hall–Kier alpha value is -1.76. The monoisotopic (exact) mass is 234 g/mol. The smallest absolute Gasteiger partial charge is 0.256 e. The quantitative estimate of drug-likeness (QED) is 0.871. The van der Waals surface area contributed by atoms with Crippen LogP contribution in [0.15, 0.2) is 10.5 Å². The SMILES string of the molecule is CCC(C#N)(CC)NC(=O)c1cc(C)oc1C. The number of hydrogen-bond acceptors (Lipinski definition) is 3. The number of nitrogens with one attached hydrogen (secondary N) is 1. The zero-order chi connectivity index (χ0) is 13.1. The molecule has 1 rings (SSSR count). The van der Waals surface area contributed by atoms with E-state index in [1.54, 1.807) is 19.9 Å². The summed E-state index contributed by atoms with van der Waals surface area (Å²) in [6.07, 6.45) is 1.17. The molecule has 0 aromatic carbocycles. The molecule has 4 heteroatoms. The minimum atomic E-state index is -0.783. The number of amides is 1. The first-order valence-electron chi connectivity index (χ1n) is 5.78. The van der Waals surface area contributed by atoms with Gasteiger partial charge in [0.05, 0.1) is 11.6 Å². The van der Waals surface area contributed by atoms with Crippen molar-refractivity contribution < 1.29 is 9.21 Å². The van der Waals surface area contributed by atoms with Gasteiger partial charge >= 0.3 is 0 Å². The van der Waals surface area contributed by atoms with Gasteiger partial charge in [0, 0.05) is 0 Å². The van der Waals surface area contributed by atoms with E-state index in [1.165, 1.54) is 0 Å². The van der Waals surface area contributed by atoms with Crippen LogP contribution in [0.1, 0.15) is 48.6 Å². The Labute approximate surface area is 102 Å². The molecule has 0 atom stereocenters. The van der Waals surface area contributed by atoms with Crippen molar-refractivity contribution in [2.45, 2.75) is 46.1 Å². The lowest BCUT2D eigenvalue weighted by Gasteiger charge is -2.24. The number of carbonyl (C=O) groups is 1. The lowest BCUT2D eigenvalue weighted by Crippen LogP contribution is -2.46. The average Bonchev–Trinajstić information content (AvgIpc) is 2.65. The predicted molar refractivity (Wildman–Crippen MR) is 64.6 cm³/mol. The Morgan fingerprint density at radius 1 is 1.47 bits per heavy atom. The first-order chi connectivity index (χ1) is 7.98. The topological polar surface area (TPSA) is 66.0 Å². The van der Waals surface area contributed by atoms with E-state index in [0.717, 1.165) is 0 Å². The second-order valence-corrected chi connectivity index (χ2v) is 4.18. The second-order valence-electron chi connectivity index (χ2n) is 4.18. The normalized spacial score (nSPS) is 11.0. The van der Waals surface area contributed by atoms with Gasteiger partial charge in [-0.1, -0.05) is 13.8 Å². The average molecular weight is 234 g/mol. The molecule has 0 radical (unpaired) electrons. The van der Waals surface area contributed by atoms with Gasteiger partial charge in [-0.05, 0) is 32.8 Å². The zero-order valence-corrected chi connectivity index (χ0v) is 10.8. The Morgan fingerprint density at radius 2 is 2.06 bits per heavy atom. The van der Waals surface area contributed by atoms with Gasteiger partial charge in [0.1, 0.15) is 17.1 Å². The van der Waals surface area contributed by atoms with Crippen molar-refractivity contribution in [3.05, 3.63) is 23.2 Å². The fourth-order valence-corrected chi connectivity index (χ4v) is 1.75. The van der Waals surface area contributed by atoms with E-state index in [9.17, 15) is 4.79 Å². The predicted octanol–water partition coefficient (Wildman–Crippen LogP) is 2.71. The molecule has 1 heterocycles. The number of furan rings is 1. The van der Waals surface area contributed by atoms with Gasteiger partial charge in [-0.2, -0.15) is 5.26 Å². The highest BCUT2D eigenvalue weighted by Crippen LogP contribution is 2.18. The van der Waals surface area contributed by atoms with Crippen molar-refractivity contribution in [3.8, 4) is 6.07 Å². The molecule has 1 amide bonds. The van der Waals surface area contributed by atoms with Gasteiger partial charge < -0.3 is 9.73 Å². The third-order valence-corrected chi connectivity index (χ3v) is 3.06. The van der Waals surface area contributed by atoms with Crippen LogP contribution >= 0.6 is 0 Å². The van der Waals surface area contributed by atoms with E-state index in [0.29, 0.717) is 29.9 Å². The minimum Gasteiger partial charge on any atom is -0.466 e. The Morgan fingerprint density at radius 3 is 2.41 bits per heavy atom. The third-order valence-electron chi connectivity index (χ3n) is 3.06. The van der Waals surface area contributed by atoms with Gasteiger partial charge in [-0.15, -0.1) is 0 Å². The summed E-state index contributed by atoms with van der Waals surface area (Å²) in [6.45, 7) is 7.32. The van der Waals surface area contributed by atoms with Crippen molar-refractivity contribution in [2.24, 2.45) is 0 Å². The summed E-state index contributed by atoms with van der Waals surface area (Å²) in [5, 5.41) is 11.9. The van der Waals surface area contributed by atoms with Crippen LogP contribution in [0.3, 0.4) is 0 Å². The molecule has 1 aromatic rings. The molecule has 1 aromatic heterocycles. The first-order valence-corrected chi connectivity index (χ1v) is 5.78. The number of nitriles is 1. The molecule has 0 bridgehead atoms. The molecular weight excluding hydrogens is 216 g/mol. The maximum absolute atomic E-state index is 12.0. The van der Waals surface area contributed by atoms with Gasteiger partial charge in [0.15, 0.2) is 0 Å². The highest BCUT2D eigenvalue weighted by atomic mass is 16.3. The summed E-state index contributed by atoms with van der Waals surface area (Å²) in [4.78, 5) is 12.0. The molecule has 0 unspecified atom stereocenters. The molecule has 0 fully saturated rings. The number of aryl methyl sites for hydroxylation is 2. The summed E-state index contributed by atoms with van der Waals surface area (Å²) in [7, 11) is 0. The maximum Gasteiger partial charge on any atom is 0.256 e. The zero-order valence-electron chi connectivity index (χ0n) is 10.8. The fraction of sp³-hybridized carbons (Fsp3) is 0.538. The van der Waals surface area contributed by atoms with Crippen LogP contribution in [-0.4, -0.2) is 11.4 Å². The lowest BCUT2D eigenvalue weighted by molar-refractivity contribution is 0.0914. The summed E-state index contributed by atoms with van der Waals surface area (Å²) in [6, 6.07) is 3.87. The van der Waals surface area contributed by atoms with Crippen molar-refractivity contribution in [1.29, 1.82) is 5.26 Å². The van der Waals surface area contributed by atoms with E-state index in [2.05, 4.69) is 11.4 Å². The molecule has 0 saturated heterocycles. The highest BCUT2D eigenvalue weighted by Gasteiger charge is 2.29. The van der Waals surface area contributed by atoms with Crippen LogP contribution in [0.5, 0.6) is 0 Å². The van der Waals surface area contributed by atoms with E-state index < -0.39 is 5.54 Å². The molecule has 1 N–H and O–H groups in total. The van der Waals surface area contributed by atoms with Crippen LogP contribution in [0, 0.1) is 25.2 Å². The number of carbonyl (C=O) groups excluding carboxylic acids is 1. The summed E-state index contributed by atoms with van der Waals surface area (Å²) >= 11 is 0. The molecule has 0 spiro atoms. The van der Waals surface area contributed by atoms with Crippen LogP contribution in [0.2, 0.25) is 0 Å².